The number of hydrogen-bond acceptors (Lipinski definition) is 2. The summed E-state index contributed by atoms with van der Waals surface area (Å²) in [5, 5.41) is 0. The smallest absolute Gasteiger partial charge is 0.295 e. The lowest BCUT2D eigenvalue weighted by atomic mass is 9.88. The van der Waals surface area contributed by atoms with Crippen LogP contribution in [0.5, 0.6) is 0 Å². The Morgan fingerprint density at radius 3 is 2.08 bits per heavy atom. The third-order valence-corrected chi connectivity index (χ3v) is 7.84. The van der Waals surface area contributed by atoms with E-state index in [2.05, 4.69) is 135 Å². The van der Waals surface area contributed by atoms with Crippen LogP contribution >= 0.6 is 0 Å². The van der Waals surface area contributed by atoms with Gasteiger partial charge in [-0.05, 0) is 71.8 Å². The van der Waals surface area contributed by atoms with E-state index in [0.29, 0.717) is 17.7 Å². The van der Waals surface area contributed by atoms with Crippen molar-refractivity contribution in [3.63, 3.8) is 0 Å². The molecule has 0 radical (unpaired) electrons. The summed E-state index contributed by atoms with van der Waals surface area (Å²) in [5.74, 6) is 2.50. The van der Waals surface area contributed by atoms with Gasteiger partial charge in [-0.15, -0.1) is 0 Å². The lowest BCUT2D eigenvalue weighted by Crippen LogP contribution is -2.30. The summed E-state index contributed by atoms with van der Waals surface area (Å²) in [6, 6.07) is 28.6. The van der Waals surface area contributed by atoms with Crippen LogP contribution in [0.3, 0.4) is 0 Å². The van der Waals surface area contributed by atoms with Crippen molar-refractivity contribution in [2.24, 2.45) is 7.05 Å². The number of nitrogens with zero attached hydrogens (tertiary/aromatic N) is 3. The van der Waals surface area contributed by atoms with Crippen molar-refractivity contribution in [1.29, 1.82) is 0 Å². The van der Waals surface area contributed by atoms with Crippen molar-refractivity contribution in [2.75, 3.05) is 0 Å². The molecule has 4 heteroatoms. The molecule has 6 rings (SSSR count). The normalized spacial score (nSPS) is 11.9. The van der Waals surface area contributed by atoms with Crippen LogP contribution in [0.15, 0.2) is 83.3 Å². The predicted octanol–water partition coefficient (Wildman–Crippen LogP) is 8.79. The van der Waals surface area contributed by atoms with Gasteiger partial charge in [-0.2, -0.15) is 4.57 Å². The van der Waals surface area contributed by atoms with Crippen molar-refractivity contribution in [3.05, 3.63) is 101 Å². The Balaban J connectivity index is 1.75. The largest absolute Gasteiger partial charge is 0.441 e. The standard InChI is InChI=1S/C35H36N3O/c1-21(2)27-18-26(25-13-9-8-10-14-25)19-28(22(3)4)34(27)38-32-16-12-11-15-31(32)37(7)35(38)29-20-30-33(17-23(29)5)39-24(6)36-30/h8-22H,1-7H3/q+1. The van der Waals surface area contributed by atoms with E-state index in [9.17, 15) is 0 Å². The van der Waals surface area contributed by atoms with Gasteiger partial charge in [0.2, 0.25) is 0 Å². The van der Waals surface area contributed by atoms with Crippen LogP contribution in [0, 0.1) is 13.8 Å². The summed E-state index contributed by atoms with van der Waals surface area (Å²) in [7, 11) is 2.17. The molecule has 4 nitrogen and oxygen atoms in total. The molecule has 2 aromatic heterocycles. The third kappa shape index (κ3) is 4.15. The van der Waals surface area contributed by atoms with E-state index in [1.807, 2.05) is 6.92 Å². The SMILES string of the molecule is Cc1nc2cc(-c3n(-c4c(C(C)C)cc(-c5ccccc5)cc4C(C)C)c4ccccc4[n+]3C)c(C)cc2o1. The van der Waals surface area contributed by atoms with E-state index >= 15 is 0 Å². The maximum Gasteiger partial charge on any atom is 0.295 e. The molecule has 6 aromatic rings. The second-order valence-electron chi connectivity index (χ2n) is 11.3. The average molecular weight is 515 g/mol. The Morgan fingerprint density at radius 2 is 1.41 bits per heavy atom. The summed E-state index contributed by atoms with van der Waals surface area (Å²) in [6.45, 7) is 13.3. The molecule has 0 fully saturated rings. The highest BCUT2D eigenvalue weighted by molar-refractivity contribution is 5.86. The monoisotopic (exact) mass is 514 g/mol. The molecule has 196 valence electrons. The van der Waals surface area contributed by atoms with Crippen molar-refractivity contribution < 1.29 is 8.98 Å². The Bertz CT molecular complexity index is 1810. The van der Waals surface area contributed by atoms with Gasteiger partial charge >= 0.3 is 0 Å². The maximum atomic E-state index is 5.88. The lowest BCUT2D eigenvalue weighted by Gasteiger charge is -2.21. The Morgan fingerprint density at radius 1 is 0.769 bits per heavy atom. The van der Waals surface area contributed by atoms with Crippen LogP contribution in [0.25, 0.3) is 50.3 Å². The number of fused-ring (bicyclic) bond motifs is 2. The summed E-state index contributed by atoms with van der Waals surface area (Å²) >= 11 is 0. The fraction of sp³-hybridized carbons (Fsp3) is 0.257. The van der Waals surface area contributed by atoms with Gasteiger partial charge in [-0.3, -0.25) is 0 Å². The molecule has 0 amide bonds. The quantitative estimate of drug-likeness (QED) is 0.215. The number of aryl methyl sites for hydroxylation is 3. The van der Waals surface area contributed by atoms with Crippen LogP contribution in [0.1, 0.15) is 62.1 Å². The van der Waals surface area contributed by atoms with E-state index in [4.69, 9.17) is 4.42 Å². The molecule has 0 saturated carbocycles. The molecular weight excluding hydrogens is 478 g/mol. The van der Waals surface area contributed by atoms with E-state index in [1.54, 1.807) is 0 Å². The minimum absolute atomic E-state index is 0.335. The van der Waals surface area contributed by atoms with Crippen molar-refractivity contribution in [1.82, 2.24) is 9.55 Å². The minimum atomic E-state index is 0.335. The zero-order valence-corrected chi connectivity index (χ0v) is 23.9. The first-order chi connectivity index (χ1) is 18.7. The van der Waals surface area contributed by atoms with Gasteiger partial charge in [0.1, 0.15) is 11.2 Å². The Hall–Kier alpha value is -4.18. The lowest BCUT2D eigenvalue weighted by molar-refractivity contribution is -0.633. The first kappa shape index (κ1) is 25.1. The molecule has 0 bridgehead atoms. The summed E-state index contributed by atoms with van der Waals surface area (Å²) in [6.07, 6.45) is 0. The highest BCUT2D eigenvalue weighted by Crippen LogP contribution is 2.40. The summed E-state index contributed by atoms with van der Waals surface area (Å²) in [5.41, 5.74) is 12.9. The Kier molecular flexibility index (Phi) is 6.14. The van der Waals surface area contributed by atoms with Gasteiger partial charge in [-0.1, -0.05) is 70.2 Å². The van der Waals surface area contributed by atoms with Gasteiger partial charge in [0, 0.05) is 18.1 Å². The zero-order valence-electron chi connectivity index (χ0n) is 23.9. The molecule has 0 aliphatic carbocycles. The number of rotatable bonds is 5. The molecule has 2 heterocycles. The zero-order chi connectivity index (χ0) is 27.4. The van der Waals surface area contributed by atoms with Crippen molar-refractivity contribution in [3.8, 4) is 28.2 Å². The van der Waals surface area contributed by atoms with Crippen molar-refractivity contribution in [2.45, 2.75) is 53.4 Å². The van der Waals surface area contributed by atoms with Crippen LogP contribution < -0.4 is 4.57 Å². The molecular formula is C35H36N3O+. The van der Waals surface area contributed by atoms with E-state index in [-0.39, 0.29) is 0 Å². The highest BCUT2D eigenvalue weighted by atomic mass is 16.3. The van der Waals surface area contributed by atoms with Crippen LogP contribution in [0.2, 0.25) is 0 Å². The average Bonchev–Trinajstić information content (AvgIpc) is 3.43. The molecule has 4 aromatic carbocycles. The fourth-order valence-electron chi connectivity index (χ4n) is 5.89. The van der Waals surface area contributed by atoms with Gasteiger partial charge in [0.15, 0.2) is 22.5 Å². The number of aromatic nitrogens is 3. The second-order valence-corrected chi connectivity index (χ2v) is 11.3. The summed E-state index contributed by atoms with van der Waals surface area (Å²) < 4.78 is 10.7. The van der Waals surface area contributed by atoms with Gasteiger partial charge < -0.3 is 4.42 Å². The van der Waals surface area contributed by atoms with Gasteiger partial charge in [-0.25, -0.2) is 9.55 Å². The number of imidazole rings is 1. The maximum absolute atomic E-state index is 5.88. The first-order valence-electron chi connectivity index (χ1n) is 13.9. The van der Waals surface area contributed by atoms with E-state index in [1.165, 1.54) is 39.0 Å². The van der Waals surface area contributed by atoms with E-state index in [0.717, 1.165) is 28.1 Å². The number of hydrogen-bond donors (Lipinski definition) is 0. The summed E-state index contributed by atoms with van der Waals surface area (Å²) in [4.78, 5) is 4.68. The highest BCUT2D eigenvalue weighted by Gasteiger charge is 2.32. The van der Waals surface area contributed by atoms with Crippen LogP contribution in [-0.2, 0) is 7.05 Å². The number of benzene rings is 4. The Labute approximate surface area is 230 Å². The number of oxazole rings is 1. The fourth-order valence-corrected chi connectivity index (χ4v) is 5.89. The molecule has 0 spiro atoms. The number of para-hydroxylation sites is 2. The molecule has 0 unspecified atom stereocenters. The van der Waals surface area contributed by atoms with Crippen molar-refractivity contribution >= 4 is 22.1 Å². The van der Waals surface area contributed by atoms with Gasteiger partial charge in [0.25, 0.3) is 5.82 Å². The topological polar surface area (TPSA) is 34.8 Å². The van der Waals surface area contributed by atoms with E-state index < -0.39 is 0 Å². The van der Waals surface area contributed by atoms with Gasteiger partial charge in [0.05, 0.1) is 12.6 Å². The van der Waals surface area contributed by atoms with Crippen LogP contribution in [0.4, 0.5) is 0 Å². The molecule has 0 saturated heterocycles. The molecule has 0 aliphatic rings. The first-order valence-corrected chi connectivity index (χ1v) is 13.9. The minimum Gasteiger partial charge on any atom is -0.441 e. The van der Waals surface area contributed by atoms with Crippen LogP contribution in [-0.4, -0.2) is 9.55 Å². The third-order valence-electron chi connectivity index (χ3n) is 7.84. The molecule has 39 heavy (non-hydrogen) atoms. The molecule has 0 atom stereocenters. The second kappa shape index (κ2) is 9.53. The predicted molar refractivity (Wildman–Crippen MR) is 161 cm³/mol. The molecule has 0 N–H and O–H groups in total. The molecule has 0 aliphatic heterocycles.